The number of hydrogen-bond donors (Lipinski definition) is 4. The summed E-state index contributed by atoms with van der Waals surface area (Å²) in [5.74, 6) is 0.647. The van der Waals surface area contributed by atoms with Crippen LogP contribution in [0.5, 0.6) is 0 Å². The second-order valence-electron chi connectivity index (χ2n) is 5.21. The molecule has 1 heterocycles. The van der Waals surface area contributed by atoms with E-state index in [2.05, 4.69) is 27.8 Å². The zero-order valence-electron chi connectivity index (χ0n) is 12.6. The third-order valence-electron chi connectivity index (χ3n) is 3.38. The quantitative estimate of drug-likeness (QED) is 0.649. The van der Waals surface area contributed by atoms with Gasteiger partial charge in [-0.25, -0.2) is 4.79 Å². The van der Waals surface area contributed by atoms with Crippen LogP contribution in [0.15, 0.2) is 54.9 Å². The van der Waals surface area contributed by atoms with Gasteiger partial charge in [-0.3, -0.25) is 4.79 Å². The van der Waals surface area contributed by atoms with Gasteiger partial charge in [0.15, 0.2) is 5.78 Å². The zero-order chi connectivity index (χ0) is 16.4. The molecule has 2 amide bonds. The fraction of sp³-hybridized carbons (Fsp3) is 0.0588. The SMILES string of the molecule is C=C1Nc2ccc(NC(=O)Nc3cccc(C(C)=O)c3)cc2N1. The van der Waals surface area contributed by atoms with Crippen LogP contribution in [-0.4, -0.2) is 11.8 Å². The van der Waals surface area contributed by atoms with E-state index >= 15 is 0 Å². The van der Waals surface area contributed by atoms with Gasteiger partial charge < -0.3 is 21.3 Å². The van der Waals surface area contributed by atoms with Crippen LogP contribution >= 0.6 is 0 Å². The van der Waals surface area contributed by atoms with Crippen molar-refractivity contribution in [1.29, 1.82) is 0 Å². The van der Waals surface area contributed by atoms with E-state index in [1.165, 1.54) is 6.92 Å². The topological polar surface area (TPSA) is 82.3 Å². The minimum Gasteiger partial charge on any atom is -0.341 e. The van der Waals surface area contributed by atoms with Gasteiger partial charge >= 0.3 is 6.03 Å². The number of carbonyl (C=O) groups excluding carboxylic acids is 2. The second kappa shape index (κ2) is 5.84. The van der Waals surface area contributed by atoms with Crippen LogP contribution in [0.1, 0.15) is 17.3 Å². The molecule has 0 saturated carbocycles. The minimum absolute atomic E-state index is 0.0496. The predicted molar refractivity (Wildman–Crippen MR) is 91.9 cm³/mol. The van der Waals surface area contributed by atoms with E-state index in [-0.39, 0.29) is 11.8 Å². The molecule has 23 heavy (non-hydrogen) atoms. The first kappa shape index (κ1) is 14.6. The summed E-state index contributed by atoms with van der Waals surface area (Å²) < 4.78 is 0. The molecule has 2 aromatic carbocycles. The lowest BCUT2D eigenvalue weighted by Gasteiger charge is -2.09. The Hall–Kier alpha value is -3.28. The van der Waals surface area contributed by atoms with Crippen molar-refractivity contribution in [2.75, 3.05) is 21.3 Å². The number of ketones is 1. The summed E-state index contributed by atoms with van der Waals surface area (Å²) in [6.45, 7) is 5.27. The maximum atomic E-state index is 12.1. The van der Waals surface area contributed by atoms with Crippen molar-refractivity contribution in [3.05, 3.63) is 60.4 Å². The molecule has 0 fully saturated rings. The fourth-order valence-corrected chi connectivity index (χ4v) is 2.30. The number of benzene rings is 2. The lowest BCUT2D eigenvalue weighted by atomic mass is 10.1. The number of nitrogens with one attached hydrogen (secondary N) is 4. The molecule has 0 unspecified atom stereocenters. The summed E-state index contributed by atoms with van der Waals surface area (Å²) in [6.07, 6.45) is 0. The van der Waals surface area contributed by atoms with E-state index in [9.17, 15) is 9.59 Å². The molecule has 0 bridgehead atoms. The number of amides is 2. The monoisotopic (exact) mass is 308 g/mol. The molecular weight excluding hydrogens is 292 g/mol. The second-order valence-corrected chi connectivity index (χ2v) is 5.21. The van der Waals surface area contributed by atoms with Crippen LogP contribution < -0.4 is 21.3 Å². The maximum Gasteiger partial charge on any atom is 0.323 e. The smallest absolute Gasteiger partial charge is 0.323 e. The molecule has 116 valence electrons. The Bertz CT molecular complexity index is 814. The van der Waals surface area contributed by atoms with Gasteiger partial charge in [0.1, 0.15) is 5.82 Å². The Kier molecular flexibility index (Phi) is 3.72. The van der Waals surface area contributed by atoms with Crippen LogP contribution in [-0.2, 0) is 0 Å². The van der Waals surface area contributed by atoms with Crippen LogP contribution in [0.2, 0.25) is 0 Å². The number of urea groups is 1. The van der Waals surface area contributed by atoms with Gasteiger partial charge in [0.05, 0.1) is 11.4 Å². The number of Topliss-reactive ketones (excluding diaryl/α,β-unsaturated/α-hetero) is 1. The van der Waals surface area contributed by atoms with Gasteiger partial charge in [-0.15, -0.1) is 0 Å². The minimum atomic E-state index is -0.379. The van der Waals surface area contributed by atoms with Crippen LogP contribution in [0.25, 0.3) is 0 Å². The molecule has 0 aliphatic carbocycles. The van der Waals surface area contributed by atoms with Crippen LogP contribution in [0.4, 0.5) is 27.5 Å². The van der Waals surface area contributed by atoms with Crippen molar-refractivity contribution in [3.8, 4) is 0 Å². The maximum absolute atomic E-state index is 12.1. The average Bonchev–Trinajstić information content (AvgIpc) is 2.86. The summed E-state index contributed by atoms with van der Waals surface area (Å²) in [4.78, 5) is 23.4. The fourth-order valence-electron chi connectivity index (χ4n) is 2.30. The van der Waals surface area contributed by atoms with Gasteiger partial charge in [0.2, 0.25) is 0 Å². The van der Waals surface area contributed by atoms with E-state index in [4.69, 9.17) is 0 Å². The molecule has 3 rings (SSSR count). The third-order valence-corrected chi connectivity index (χ3v) is 3.38. The molecule has 6 heteroatoms. The Labute approximate surface area is 133 Å². The van der Waals surface area contributed by atoms with Gasteiger partial charge in [-0.2, -0.15) is 0 Å². The molecule has 0 atom stereocenters. The highest BCUT2D eigenvalue weighted by Gasteiger charge is 2.13. The molecule has 1 aliphatic heterocycles. The highest BCUT2D eigenvalue weighted by Crippen LogP contribution is 2.32. The molecular formula is C17H16N4O2. The first-order valence-corrected chi connectivity index (χ1v) is 7.07. The van der Waals surface area contributed by atoms with Crippen LogP contribution in [0, 0.1) is 0 Å². The molecule has 1 aliphatic rings. The predicted octanol–water partition coefficient (Wildman–Crippen LogP) is 3.84. The van der Waals surface area contributed by atoms with Gasteiger partial charge in [0, 0.05) is 16.9 Å². The van der Waals surface area contributed by atoms with Gasteiger partial charge in [-0.1, -0.05) is 18.7 Å². The Balaban J connectivity index is 1.68. The van der Waals surface area contributed by atoms with Crippen molar-refractivity contribution >= 4 is 34.6 Å². The van der Waals surface area contributed by atoms with E-state index in [1.807, 2.05) is 12.1 Å². The largest absolute Gasteiger partial charge is 0.341 e. The zero-order valence-corrected chi connectivity index (χ0v) is 12.6. The lowest BCUT2D eigenvalue weighted by Crippen LogP contribution is -2.19. The first-order valence-electron chi connectivity index (χ1n) is 7.07. The number of rotatable bonds is 3. The third kappa shape index (κ3) is 3.32. The normalized spacial score (nSPS) is 12.0. The summed E-state index contributed by atoms with van der Waals surface area (Å²) in [7, 11) is 0. The molecule has 0 radical (unpaired) electrons. The lowest BCUT2D eigenvalue weighted by molar-refractivity contribution is 0.101. The molecule has 0 saturated heterocycles. The number of carbonyl (C=O) groups is 2. The molecule has 0 aromatic heterocycles. The first-order chi connectivity index (χ1) is 11.0. The average molecular weight is 308 g/mol. The van der Waals surface area contributed by atoms with Gasteiger partial charge in [-0.05, 0) is 37.3 Å². The summed E-state index contributed by atoms with van der Waals surface area (Å²) in [6, 6.07) is 11.9. The van der Waals surface area contributed by atoms with E-state index < -0.39 is 0 Å². The van der Waals surface area contributed by atoms with E-state index in [0.717, 1.165) is 11.4 Å². The molecule has 6 nitrogen and oxygen atoms in total. The van der Waals surface area contributed by atoms with E-state index in [0.29, 0.717) is 22.8 Å². The molecule has 0 spiro atoms. The summed E-state index contributed by atoms with van der Waals surface area (Å²) in [5.41, 5.74) is 3.52. The number of anilines is 4. The molecule has 2 aromatic rings. The summed E-state index contributed by atoms with van der Waals surface area (Å²) >= 11 is 0. The number of fused-ring (bicyclic) bond motifs is 1. The Morgan fingerprint density at radius 3 is 2.39 bits per heavy atom. The van der Waals surface area contributed by atoms with Crippen molar-refractivity contribution in [2.45, 2.75) is 6.92 Å². The highest BCUT2D eigenvalue weighted by molar-refractivity contribution is 6.02. The van der Waals surface area contributed by atoms with Crippen molar-refractivity contribution in [1.82, 2.24) is 0 Å². The van der Waals surface area contributed by atoms with Crippen LogP contribution in [0.3, 0.4) is 0 Å². The summed E-state index contributed by atoms with van der Waals surface area (Å²) in [5, 5.41) is 11.6. The number of hydrogen-bond acceptors (Lipinski definition) is 4. The Morgan fingerprint density at radius 2 is 1.65 bits per heavy atom. The van der Waals surface area contributed by atoms with E-state index in [1.54, 1.807) is 30.3 Å². The van der Waals surface area contributed by atoms with Crippen molar-refractivity contribution in [2.24, 2.45) is 0 Å². The molecule has 4 N–H and O–H groups in total. The Morgan fingerprint density at radius 1 is 0.957 bits per heavy atom. The van der Waals surface area contributed by atoms with Crippen molar-refractivity contribution in [3.63, 3.8) is 0 Å². The van der Waals surface area contributed by atoms with Crippen molar-refractivity contribution < 1.29 is 9.59 Å². The van der Waals surface area contributed by atoms with Gasteiger partial charge in [0.25, 0.3) is 0 Å². The standard InChI is InChI=1S/C17H16N4O2/c1-10(22)12-4-3-5-13(8-12)20-17(23)21-14-6-7-15-16(9-14)19-11(2)18-15/h3-9,18-19H,2H2,1H3,(H2,20,21,23). The highest BCUT2D eigenvalue weighted by atomic mass is 16.2.